The van der Waals surface area contributed by atoms with E-state index >= 15 is 0 Å². The fraction of sp³-hybridized carbons (Fsp3) is 0.269. The van der Waals surface area contributed by atoms with Gasteiger partial charge < -0.3 is 5.32 Å². The van der Waals surface area contributed by atoms with Crippen molar-refractivity contribution in [3.05, 3.63) is 83.7 Å². The lowest BCUT2D eigenvalue weighted by Crippen LogP contribution is -2.35. The molecule has 1 unspecified atom stereocenters. The Hall–Kier alpha value is -3.25. The zero-order chi connectivity index (χ0) is 22.8. The standard InChI is InChI=1S/C26H26F2N4/c1-15(2)31-20-7-4-17(5-8-20)19-13-25-24(30-14-19)11-10-23(32-25)16(3)26(29)18-6-9-21(27)22(28)12-18/h4,6,9-15,20,29,31H,3,5,7-8H2,1-2H3. The molecule has 2 aromatic heterocycles. The summed E-state index contributed by atoms with van der Waals surface area (Å²) in [5, 5.41) is 11.9. The van der Waals surface area contributed by atoms with Crippen molar-refractivity contribution in [3.8, 4) is 0 Å². The highest BCUT2D eigenvalue weighted by Crippen LogP contribution is 2.29. The van der Waals surface area contributed by atoms with Crippen LogP contribution in [-0.2, 0) is 0 Å². The Morgan fingerprint density at radius 3 is 2.62 bits per heavy atom. The largest absolute Gasteiger partial charge is 0.311 e. The van der Waals surface area contributed by atoms with Gasteiger partial charge in [0, 0.05) is 29.4 Å². The molecule has 0 aliphatic heterocycles. The van der Waals surface area contributed by atoms with Gasteiger partial charge in [-0.05, 0) is 66.8 Å². The summed E-state index contributed by atoms with van der Waals surface area (Å²) < 4.78 is 26.8. The first-order valence-electron chi connectivity index (χ1n) is 10.8. The van der Waals surface area contributed by atoms with Gasteiger partial charge in [0.1, 0.15) is 0 Å². The molecule has 6 heteroatoms. The molecule has 0 saturated heterocycles. The van der Waals surface area contributed by atoms with Gasteiger partial charge in [-0.25, -0.2) is 13.8 Å². The SMILES string of the molecule is C=C(C(=N)c1ccc(F)c(F)c1)c1ccc2ncc(C3=CCC(NC(C)C)CC3)cc2n1. The molecule has 0 saturated carbocycles. The number of hydrogen-bond acceptors (Lipinski definition) is 4. The van der Waals surface area contributed by atoms with Gasteiger partial charge in [-0.1, -0.05) is 26.5 Å². The lowest BCUT2D eigenvalue weighted by Gasteiger charge is -2.25. The Morgan fingerprint density at radius 1 is 1.12 bits per heavy atom. The molecule has 0 fully saturated rings. The first kappa shape index (κ1) is 22.0. The summed E-state index contributed by atoms with van der Waals surface area (Å²) in [5.74, 6) is -1.94. The fourth-order valence-corrected chi connectivity index (χ4v) is 4.02. The molecule has 1 aliphatic rings. The Labute approximate surface area is 186 Å². The minimum absolute atomic E-state index is 0.00135. The third-order valence-electron chi connectivity index (χ3n) is 5.71. The number of nitrogens with zero attached hydrogens (tertiary/aromatic N) is 2. The van der Waals surface area contributed by atoms with E-state index in [0.29, 0.717) is 28.9 Å². The number of rotatable bonds is 6. The lowest BCUT2D eigenvalue weighted by atomic mass is 9.91. The molecule has 1 aliphatic carbocycles. The zero-order valence-electron chi connectivity index (χ0n) is 18.3. The van der Waals surface area contributed by atoms with Crippen LogP contribution in [0.5, 0.6) is 0 Å². The van der Waals surface area contributed by atoms with Crippen LogP contribution in [0.25, 0.3) is 22.2 Å². The van der Waals surface area contributed by atoms with Crippen LogP contribution in [0.1, 0.15) is 49.9 Å². The number of nitrogens with one attached hydrogen (secondary N) is 2. The molecule has 0 radical (unpaired) electrons. The van der Waals surface area contributed by atoms with Crippen molar-refractivity contribution in [2.45, 2.75) is 45.2 Å². The van der Waals surface area contributed by atoms with E-state index in [1.165, 1.54) is 11.6 Å². The normalized spacial score (nSPS) is 16.3. The fourth-order valence-electron chi connectivity index (χ4n) is 4.02. The summed E-state index contributed by atoms with van der Waals surface area (Å²) >= 11 is 0. The molecule has 0 spiro atoms. The highest BCUT2D eigenvalue weighted by Gasteiger charge is 2.17. The van der Waals surface area contributed by atoms with E-state index in [2.05, 4.69) is 41.8 Å². The molecule has 1 atom stereocenters. The molecular weight excluding hydrogens is 406 g/mol. The molecule has 32 heavy (non-hydrogen) atoms. The van der Waals surface area contributed by atoms with Crippen LogP contribution in [0.4, 0.5) is 8.78 Å². The second-order valence-corrected chi connectivity index (χ2v) is 8.46. The minimum Gasteiger partial charge on any atom is -0.311 e. The van der Waals surface area contributed by atoms with Crippen molar-refractivity contribution in [2.75, 3.05) is 0 Å². The highest BCUT2D eigenvalue weighted by molar-refractivity contribution is 6.29. The zero-order valence-corrected chi connectivity index (χ0v) is 18.3. The number of fused-ring (bicyclic) bond motifs is 1. The van der Waals surface area contributed by atoms with E-state index in [9.17, 15) is 8.78 Å². The van der Waals surface area contributed by atoms with E-state index in [-0.39, 0.29) is 11.3 Å². The number of allylic oxidation sites excluding steroid dienone is 2. The Morgan fingerprint density at radius 2 is 1.94 bits per heavy atom. The predicted octanol–water partition coefficient (Wildman–Crippen LogP) is 5.92. The van der Waals surface area contributed by atoms with Crippen LogP contribution in [0.3, 0.4) is 0 Å². The van der Waals surface area contributed by atoms with Crippen LogP contribution in [-0.4, -0.2) is 27.8 Å². The van der Waals surface area contributed by atoms with Crippen molar-refractivity contribution in [2.24, 2.45) is 0 Å². The van der Waals surface area contributed by atoms with Crippen molar-refractivity contribution in [3.63, 3.8) is 0 Å². The van der Waals surface area contributed by atoms with Crippen molar-refractivity contribution >= 4 is 27.9 Å². The van der Waals surface area contributed by atoms with Gasteiger partial charge in [0.25, 0.3) is 0 Å². The molecule has 4 rings (SSSR count). The summed E-state index contributed by atoms with van der Waals surface area (Å²) in [6, 6.07) is 9.94. The van der Waals surface area contributed by atoms with Gasteiger partial charge in [0.2, 0.25) is 0 Å². The molecule has 1 aromatic carbocycles. The number of pyridine rings is 2. The summed E-state index contributed by atoms with van der Waals surface area (Å²) in [4.78, 5) is 9.22. The maximum absolute atomic E-state index is 13.6. The van der Waals surface area contributed by atoms with E-state index in [1.54, 1.807) is 6.07 Å². The van der Waals surface area contributed by atoms with Crippen LogP contribution >= 0.6 is 0 Å². The molecule has 0 amide bonds. The first-order chi connectivity index (χ1) is 15.3. The summed E-state index contributed by atoms with van der Waals surface area (Å²) in [6.07, 6.45) is 7.20. The topological polar surface area (TPSA) is 61.7 Å². The van der Waals surface area contributed by atoms with Crippen LogP contribution < -0.4 is 5.32 Å². The quantitative estimate of drug-likeness (QED) is 0.475. The maximum Gasteiger partial charge on any atom is 0.159 e. The summed E-state index contributed by atoms with van der Waals surface area (Å²) in [6.45, 7) is 8.29. The second-order valence-electron chi connectivity index (χ2n) is 8.46. The minimum atomic E-state index is -0.994. The highest BCUT2D eigenvalue weighted by atomic mass is 19.2. The Kier molecular flexibility index (Phi) is 6.24. The van der Waals surface area contributed by atoms with Crippen LogP contribution in [0.2, 0.25) is 0 Å². The van der Waals surface area contributed by atoms with Crippen LogP contribution in [0.15, 0.2) is 55.3 Å². The van der Waals surface area contributed by atoms with Gasteiger partial charge in [-0.2, -0.15) is 0 Å². The molecule has 3 aromatic rings. The lowest BCUT2D eigenvalue weighted by molar-refractivity contribution is 0.437. The summed E-state index contributed by atoms with van der Waals surface area (Å²) in [7, 11) is 0. The monoisotopic (exact) mass is 432 g/mol. The van der Waals surface area contributed by atoms with Gasteiger partial charge in [0.15, 0.2) is 11.6 Å². The van der Waals surface area contributed by atoms with E-state index in [0.717, 1.165) is 42.5 Å². The van der Waals surface area contributed by atoms with Gasteiger partial charge in [-0.15, -0.1) is 0 Å². The third-order valence-corrected chi connectivity index (χ3v) is 5.71. The molecule has 0 bridgehead atoms. The van der Waals surface area contributed by atoms with Crippen molar-refractivity contribution in [1.29, 1.82) is 5.41 Å². The number of hydrogen-bond donors (Lipinski definition) is 2. The number of halogens is 2. The number of aromatic nitrogens is 2. The number of benzene rings is 1. The second kappa shape index (κ2) is 9.09. The summed E-state index contributed by atoms with van der Waals surface area (Å²) in [5.41, 5.74) is 4.86. The van der Waals surface area contributed by atoms with E-state index < -0.39 is 11.6 Å². The van der Waals surface area contributed by atoms with E-state index in [1.807, 2.05) is 18.3 Å². The molecule has 2 heterocycles. The first-order valence-corrected chi connectivity index (χ1v) is 10.8. The van der Waals surface area contributed by atoms with Gasteiger partial charge in [0.05, 0.1) is 22.4 Å². The average molecular weight is 433 g/mol. The van der Waals surface area contributed by atoms with Gasteiger partial charge >= 0.3 is 0 Å². The Balaban J connectivity index is 1.58. The average Bonchev–Trinajstić information content (AvgIpc) is 2.79. The third kappa shape index (κ3) is 4.65. The maximum atomic E-state index is 13.6. The molecule has 2 N–H and O–H groups in total. The Bertz CT molecular complexity index is 1230. The van der Waals surface area contributed by atoms with Crippen molar-refractivity contribution < 1.29 is 8.78 Å². The molecular formula is C26H26F2N4. The van der Waals surface area contributed by atoms with Crippen LogP contribution in [0, 0.1) is 17.0 Å². The van der Waals surface area contributed by atoms with E-state index in [4.69, 9.17) is 5.41 Å². The van der Waals surface area contributed by atoms with Gasteiger partial charge in [-0.3, -0.25) is 10.4 Å². The molecule has 4 nitrogen and oxygen atoms in total. The predicted molar refractivity (Wildman–Crippen MR) is 126 cm³/mol. The molecule has 164 valence electrons. The van der Waals surface area contributed by atoms with Crippen molar-refractivity contribution in [1.82, 2.24) is 15.3 Å². The smallest absolute Gasteiger partial charge is 0.159 e.